The van der Waals surface area contributed by atoms with Crippen molar-refractivity contribution < 1.29 is 9.13 Å². The van der Waals surface area contributed by atoms with Gasteiger partial charge in [0.1, 0.15) is 17.7 Å². The number of ether oxygens (including phenoxy) is 1. The zero-order valence-corrected chi connectivity index (χ0v) is 10.5. The molecule has 1 fully saturated rings. The van der Waals surface area contributed by atoms with Crippen LogP contribution in [0.25, 0.3) is 0 Å². The lowest BCUT2D eigenvalue weighted by atomic mass is 9.89. The van der Waals surface area contributed by atoms with Gasteiger partial charge in [-0.2, -0.15) is 0 Å². The van der Waals surface area contributed by atoms with Crippen molar-refractivity contribution in [3.63, 3.8) is 0 Å². The van der Waals surface area contributed by atoms with Gasteiger partial charge in [0.2, 0.25) is 0 Å². The minimum Gasteiger partial charge on any atom is -0.490 e. The third-order valence-corrected chi connectivity index (χ3v) is 3.21. The molecule has 0 aromatic heterocycles. The van der Waals surface area contributed by atoms with Crippen molar-refractivity contribution in [1.29, 1.82) is 0 Å². The summed E-state index contributed by atoms with van der Waals surface area (Å²) in [6.45, 7) is 5.00. The van der Waals surface area contributed by atoms with Crippen molar-refractivity contribution in [1.82, 2.24) is 5.32 Å². The standard InChI is InChI=1S/C14H20FNO/c1-3-6-16-11-8-13(9-11)17-12-4-5-14(15)10(2)7-12/h4-5,7,11,13,16H,3,6,8-9H2,1-2H3. The Morgan fingerprint density at radius 3 is 2.82 bits per heavy atom. The van der Waals surface area contributed by atoms with E-state index >= 15 is 0 Å². The molecular weight excluding hydrogens is 217 g/mol. The van der Waals surface area contributed by atoms with Gasteiger partial charge in [0.25, 0.3) is 0 Å². The first-order valence-electron chi connectivity index (χ1n) is 6.35. The molecule has 0 bridgehead atoms. The minimum atomic E-state index is -0.173. The van der Waals surface area contributed by atoms with Crippen molar-refractivity contribution >= 4 is 0 Å². The Hall–Kier alpha value is -1.09. The average Bonchev–Trinajstić information content (AvgIpc) is 2.26. The summed E-state index contributed by atoms with van der Waals surface area (Å²) < 4.78 is 18.9. The van der Waals surface area contributed by atoms with E-state index in [0.717, 1.165) is 25.1 Å². The fraction of sp³-hybridized carbons (Fsp3) is 0.571. The molecule has 94 valence electrons. The van der Waals surface area contributed by atoms with Crippen LogP contribution in [0.2, 0.25) is 0 Å². The molecule has 2 nitrogen and oxygen atoms in total. The Kier molecular flexibility index (Phi) is 4.00. The van der Waals surface area contributed by atoms with Crippen LogP contribution in [0.4, 0.5) is 4.39 Å². The summed E-state index contributed by atoms with van der Waals surface area (Å²) in [7, 11) is 0. The highest BCUT2D eigenvalue weighted by molar-refractivity contribution is 5.29. The monoisotopic (exact) mass is 237 g/mol. The average molecular weight is 237 g/mol. The zero-order chi connectivity index (χ0) is 12.3. The highest BCUT2D eigenvalue weighted by atomic mass is 19.1. The Balaban J connectivity index is 1.77. The highest BCUT2D eigenvalue weighted by Gasteiger charge is 2.30. The molecule has 1 saturated carbocycles. The number of hydrogen-bond acceptors (Lipinski definition) is 2. The topological polar surface area (TPSA) is 21.3 Å². The van der Waals surface area contributed by atoms with Crippen molar-refractivity contribution in [2.75, 3.05) is 6.54 Å². The highest BCUT2D eigenvalue weighted by Crippen LogP contribution is 2.26. The molecule has 1 aliphatic carbocycles. The van der Waals surface area contributed by atoms with E-state index in [1.807, 2.05) is 0 Å². The number of aryl methyl sites for hydroxylation is 1. The first kappa shape index (κ1) is 12.4. The summed E-state index contributed by atoms with van der Waals surface area (Å²) in [5.41, 5.74) is 0.641. The van der Waals surface area contributed by atoms with Gasteiger partial charge >= 0.3 is 0 Å². The Morgan fingerprint density at radius 2 is 2.18 bits per heavy atom. The van der Waals surface area contributed by atoms with Crippen LogP contribution in [0.5, 0.6) is 5.75 Å². The van der Waals surface area contributed by atoms with Crippen LogP contribution in [0, 0.1) is 12.7 Å². The fourth-order valence-electron chi connectivity index (χ4n) is 2.06. The van der Waals surface area contributed by atoms with Crippen LogP contribution in [0.1, 0.15) is 31.7 Å². The molecule has 0 unspecified atom stereocenters. The normalized spacial score (nSPS) is 23.2. The predicted octanol–water partition coefficient (Wildman–Crippen LogP) is 3.04. The largest absolute Gasteiger partial charge is 0.490 e. The Morgan fingerprint density at radius 1 is 1.41 bits per heavy atom. The number of hydrogen-bond donors (Lipinski definition) is 1. The van der Waals surface area contributed by atoms with E-state index in [1.54, 1.807) is 19.1 Å². The van der Waals surface area contributed by atoms with Gasteiger partial charge in [-0.3, -0.25) is 0 Å². The lowest BCUT2D eigenvalue weighted by molar-refractivity contribution is 0.0851. The van der Waals surface area contributed by atoms with Crippen molar-refractivity contribution in [2.24, 2.45) is 0 Å². The van der Waals surface area contributed by atoms with E-state index in [-0.39, 0.29) is 11.9 Å². The SMILES string of the molecule is CCCNC1CC(Oc2ccc(F)c(C)c2)C1. The molecular formula is C14H20FNO. The number of benzene rings is 1. The van der Waals surface area contributed by atoms with Gasteiger partial charge in [-0.1, -0.05) is 6.92 Å². The van der Waals surface area contributed by atoms with Gasteiger partial charge in [-0.15, -0.1) is 0 Å². The van der Waals surface area contributed by atoms with E-state index in [9.17, 15) is 4.39 Å². The molecule has 2 rings (SSSR count). The van der Waals surface area contributed by atoms with Gasteiger partial charge < -0.3 is 10.1 Å². The van der Waals surface area contributed by atoms with Crippen LogP contribution < -0.4 is 10.1 Å². The van der Waals surface area contributed by atoms with Gasteiger partial charge in [-0.05, 0) is 56.5 Å². The first-order valence-corrected chi connectivity index (χ1v) is 6.35. The van der Waals surface area contributed by atoms with E-state index in [2.05, 4.69) is 12.2 Å². The predicted molar refractivity (Wildman–Crippen MR) is 66.9 cm³/mol. The van der Waals surface area contributed by atoms with Gasteiger partial charge in [0, 0.05) is 6.04 Å². The summed E-state index contributed by atoms with van der Waals surface area (Å²) in [4.78, 5) is 0. The number of rotatable bonds is 5. The molecule has 3 heteroatoms. The van der Waals surface area contributed by atoms with E-state index in [4.69, 9.17) is 4.74 Å². The molecule has 0 atom stereocenters. The van der Waals surface area contributed by atoms with Crippen molar-refractivity contribution in [3.05, 3.63) is 29.6 Å². The van der Waals surface area contributed by atoms with Crippen LogP contribution >= 0.6 is 0 Å². The minimum absolute atomic E-state index is 0.173. The third-order valence-electron chi connectivity index (χ3n) is 3.21. The van der Waals surface area contributed by atoms with Gasteiger partial charge in [0.05, 0.1) is 0 Å². The molecule has 0 spiro atoms. The maximum atomic E-state index is 13.1. The van der Waals surface area contributed by atoms with Crippen molar-refractivity contribution in [3.8, 4) is 5.75 Å². The second-order valence-electron chi connectivity index (χ2n) is 4.77. The molecule has 1 aliphatic rings. The molecule has 0 heterocycles. The second kappa shape index (κ2) is 5.50. The van der Waals surface area contributed by atoms with E-state index < -0.39 is 0 Å². The summed E-state index contributed by atoms with van der Waals surface area (Å²) in [5.74, 6) is 0.608. The van der Waals surface area contributed by atoms with Gasteiger partial charge in [0.15, 0.2) is 0 Å². The molecule has 1 aromatic rings. The lowest BCUT2D eigenvalue weighted by Gasteiger charge is -2.36. The second-order valence-corrected chi connectivity index (χ2v) is 4.77. The number of halogens is 1. The molecule has 1 aromatic carbocycles. The van der Waals surface area contributed by atoms with Crippen LogP contribution in [0.15, 0.2) is 18.2 Å². The Labute approximate surface area is 102 Å². The summed E-state index contributed by atoms with van der Waals surface area (Å²) in [6.07, 6.45) is 3.56. The molecule has 17 heavy (non-hydrogen) atoms. The molecule has 1 N–H and O–H groups in total. The van der Waals surface area contributed by atoms with Crippen LogP contribution in [-0.2, 0) is 0 Å². The third kappa shape index (κ3) is 3.19. The zero-order valence-electron chi connectivity index (χ0n) is 10.5. The molecule has 0 saturated heterocycles. The lowest BCUT2D eigenvalue weighted by Crippen LogP contribution is -2.46. The van der Waals surface area contributed by atoms with E-state index in [0.29, 0.717) is 11.6 Å². The summed E-state index contributed by atoms with van der Waals surface area (Å²) in [6, 6.07) is 5.54. The number of nitrogens with one attached hydrogen (secondary N) is 1. The van der Waals surface area contributed by atoms with Crippen molar-refractivity contribution in [2.45, 2.75) is 45.3 Å². The Bertz CT molecular complexity index is 374. The molecule has 0 aliphatic heterocycles. The van der Waals surface area contributed by atoms with Gasteiger partial charge in [-0.25, -0.2) is 4.39 Å². The summed E-state index contributed by atoms with van der Waals surface area (Å²) >= 11 is 0. The summed E-state index contributed by atoms with van der Waals surface area (Å²) in [5, 5.41) is 3.47. The smallest absolute Gasteiger partial charge is 0.126 e. The fourth-order valence-corrected chi connectivity index (χ4v) is 2.06. The van der Waals surface area contributed by atoms with Crippen LogP contribution in [0.3, 0.4) is 0 Å². The molecule has 0 radical (unpaired) electrons. The maximum Gasteiger partial charge on any atom is 0.126 e. The first-order chi connectivity index (χ1) is 8.19. The van der Waals surface area contributed by atoms with E-state index in [1.165, 1.54) is 12.5 Å². The maximum absolute atomic E-state index is 13.1. The molecule has 0 amide bonds. The quantitative estimate of drug-likeness (QED) is 0.850. The van der Waals surface area contributed by atoms with Crippen LogP contribution in [-0.4, -0.2) is 18.7 Å².